The van der Waals surface area contributed by atoms with E-state index in [2.05, 4.69) is 15.9 Å². The highest BCUT2D eigenvalue weighted by Gasteiger charge is 2.27. The van der Waals surface area contributed by atoms with E-state index in [1.165, 1.54) is 36.4 Å². The minimum absolute atomic E-state index is 0.110. The molecule has 0 saturated carbocycles. The van der Waals surface area contributed by atoms with Crippen LogP contribution in [0.3, 0.4) is 0 Å². The maximum absolute atomic E-state index is 12.4. The molecule has 7 heteroatoms. The fourth-order valence-electron chi connectivity index (χ4n) is 1.93. The van der Waals surface area contributed by atoms with E-state index >= 15 is 0 Å². The van der Waals surface area contributed by atoms with Gasteiger partial charge >= 0.3 is 6.18 Å². The fraction of sp³-hybridized carbons (Fsp3) is 0.143. The van der Waals surface area contributed by atoms with Crippen molar-refractivity contribution in [2.24, 2.45) is 0 Å². The van der Waals surface area contributed by atoms with E-state index < -0.39 is 17.5 Å². The molecule has 0 spiro atoms. The van der Waals surface area contributed by atoms with Gasteiger partial charge in [-0.25, -0.2) is 0 Å². The lowest BCUT2D eigenvalue weighted by atomic mass is 10.0. The lowest BCUT2D eigenvalue weighted by Gasteiger charge is -2.09. The number of rotatable bonds is 3. The van der Waals surface area contributed by atoms with Gasteiger partial charge in [-0.05, 0) is 17.2 Å². The van der Waals surface area contributed by atoms with Crippen LogP contribution in [0.25, 0.3) is 11.1 Å². The number of halogens is 4. The van der Waals surface area contributed by atoms with Crippen molar-refractivity contribution in [3.63, 3.8) is 0 Å². The van der Waals surface area contributed by atoms with Crippen LogP contribution in [-0.2, 0) is 6.42 Å². The molecule has 2 aromatic rings. The first-order valence-corrected chi connectivity index (χ1v) is 6.65. The first-order chi connectivity index (χ1) is 9.76. The molecule has 0 heterocycles. The zero-order valence-corrected chi connectivity index (χ0v) is 12.1. The average molecular weight is 360 g/mol. The van der Waals surface area contributed by atoms with Crippen molar-refractivity contribution in [1.29, 1.82) is 0 Å². The van der Waals surface area contributed by atoms with Crippen LogP contribution in [0, 0.1) is 10.1 Å². The Hall–Kier alpha value is -1.89. The Morgan fingerprint density at radius 2 is 1.86 bits per heavy atom. The van der Waals surface area contributed by atoms with Gasteiger partial charge in [-0.15, -0.1) is 0 Å². The Bertz CT molecular complexity index is 686. The summed E-state index contributed by atoms with van der Waals surface area (Å²) in [6.07, 6.45) is -5.33. The second kappa shape index (κ2) is 5.85. The maximum Gasteiger partial charge on any atom is 0.393 e. The van der Waals surface area contributed by atoms with Gasteiger partial charge in [0.15, 0.2) is 0 Å². The zero-order chi connectivity index (χ0) is 15.6. The molecule has 2 rings (SSSR count). The van der Waals surface area contributed by atoms with Crippen molar-refractivity contribution in [2.75, 3.05) is 0 Å². The highest BCUT2D eigenvalue weighted by Crippen LogP contribution is 2.33. The molecule has 0 aliphatic heterocycles. The largest absolute Gasteiger partial charge is 0.393 e. The minimum Gasteiger partial charge on any atom is -0.258 e. The van der Waals surface area contributed by atoms with Crippen molar-refractivity contribution >= 4 is 21.6 Å². The van der Waals surface area contributed by atoms with Crippen LogP contribution >= 0.6 is 15.9 Å². The summed E-state index contributed by atoms with van der Waals surface area (Å²) in [5.41, 5.74) is 0.966. The molecule has 0 saturated heterocycles. The predicted octanol–water partition coefficient (Wildman–Crippen LogP) is 5.13. The number of non-ortho nitro benzene ring substituents is 1. The molecular formula is C14H9BrF3NO2. The summed E-state index contributed by atoms with van der Waals surface area (Å²) >= 11 is 3.26. The number of hydrogen-bond donors (Lipinski definition) is 0. The van der Waals surface area contributed by atoms with E-state index in [4.69, 9.17) is 0 Å². The smallest absolute Gasteiger partial charge is 0.258 e. The highest BCUT2D eigenvalue weighted by molar-refractivity contribution is 9.10. The molecule has 0 aliphatic carbocycles. The summed E-state index contributed by atoms with van der Waals surface area (Å²) in [5.74, 6) is 0. The van der Waals surface area contributed by atoms with Gasteiger partial charge < -0.3 is 0 Å². The van der Waals surface area contributed by atoms with Crippen molar-refractivity contribution in [1.82, 2.24) is 0 Å². The Morgan fingerprint density at radius 1 is 1.14 bits per heavy atom. The molecule has 3 nitrogen and oxygen atoms in total. The van der Waals surface area contributed by atoms with Crippen LogP contribution in [0.4, 0.5) is 18.9 Å². The van der Waals surface area contributed by atoms with Crippen LogP contribution in [0.15, 0.2) is 46.9 Å². The van der Waals surface area contributed by atoms with Crippen LogP contribution in [0.2, 0.25) is 0 Å². The van der Waals surface area contributed by atoms with Crippen molar-refractivity contribution in [2.45, 2.75) is 12.6 Å². The van der Waals surface area contributed by atoms with E-state index in [0.29, 0.717) is 15.6 Å². The van der Waals surface area contributed by atoms with E-state index in [1.807, 2.05) is 0 Å². The molecule has 0 radical (unpaired) electrons. The minimum atomic E-state index is -4.29. The van der Waals surface area contributed by atoms with Crippen molar-refractivity contribution in [3.05, 3.63) is 62.6 Å². The second-order valence-electron chi connectivity index (χ2n) is 4.41. The van der Waals surface area contributed by atoms with Crippen LogP contribution in [0.1, 0.15) is 5.56 Å². The maximum atomic E-state index is 12.4. The summed E-state index contributed by atoms with van der Waals surface area (Å²) in [4.78, 5) is 10.2. The number of nitro groups is 1. The van der Waals surface area contributed by atoms with Gasteiger partial charge in [0.2, 0.25) is 0 Å². The van der Waals surface area contributed by atoms with Crippen LogP contribution in [-0.4, -0.2) is 11.1 Å². The average Bonchev–Trinajstić information content (AvgIpc) is 2.37. The van der Waals surface area contributed by atoms with Gasteiger partial charge in [-0.1, -0.05) is 40.2 Å². The van der Waals surface area contributed by atoms with Crippen molar-refractivity contribution in [3.8, 4) is 11.1 Å². The number of alkyl halides is 3. The molecule has 0 bridgehead atoms. The molecule has 0 unspecified atom stereocenters. The number of hydrogen-bond acceptors (Lipinski definition) is 2. The molecular weight excluding hydrogens is 351 g/mol. The number of nitro benzene ring substituents is 1. The Morgan fingerprint density at radius 3 is 2.48 bits per heavy atom. The zero-order valence-electron chi connectivity index (χ0n) is 10.5. The molecule has 0 aliphatic rings. The normalized spacial score (nSPS) is 11.4. The summed E-state index contributed by atoms with van der Waals surface area (Å²) in [6.45, 7) is 0. The summed E-state index contributed by atoms with van der Waals surface area (Å²) in [7, 11) is 0. The standard InChI is InChI=1S/C14H9BrF3NO2/c15-13-5-4-11(19(20)21)7-12(13)10-3-1-2-9(6-10)8-14(16,17)18/h1-7H,8H2. The van der Waals surface area contributed by atoms with Gasteiger partial charge in [-0.2, -0.15) is 13.2 Å². The van der Waals surface area contributed by atoms with Crippen LogP contribution in [0.5, 0.6) is 0 Å². The van der Waals surface area contributed by atoms with E-state index in [9.17, 15) is 23.3 Å². The highest BCUT2D eigenvalue weighted by atomic mass is 79.9. The third kappa shape index (κ3) is 4.04. The van der Waals surface area contributed by atoms with E-state index in [1.54, 1.807) is 6.07 Å². The first kappa shape index (κ1) is 15.5. The first-order valence-electron chi connectivity index (χ1n) is 5.86. The van der Waals surface area contributed by atoms with Gasteiger partial charge in [0.25, 0.3) is 5.69 Å². The summed E-state index contributed by atoms with van der Waals surface area (Å²) in [5, 5.41) is 10.8. The number of nitrogens with zero attached hydrogens (tertiary/aromatic N) is 1. The molecule has 21 heavy (non-hydrogen) atoms. The Labute approximate surface area is 126 Å². The molecule has 0 aromatic heterocycles. The Kier molecular flexibility index (Phi) is 4.32. The molecule has 0 amide bonds. The molecule has 0 N–H and O–H groups in total. The van der Waals surface area contributed by atoms with Crippen LogP contribution < -0.4 is 0 Å². The third-order valence-corrected chi connectivity index (χ3v) is 3.49. The van der Waals surface area contributed by atoms with Gasteiger partial charge in [0, 0.05) is 22.2 Å². The molecule has 110 valence electrons. The molecule has 0 fully saturated rings. The quantitative estimate of drug-likeness (QED) is 0.563. The summed E-state index contributed by atoms with van der Waals surface area (Å²) < 4.78 is 37.9. The lowest BCUT2D eigenvalue weighted by molar-refractivity contribution is -0.384. The van der Waals surface area contributed by atoms with Gasteiger partial charge in [0.1, 0.15) is 0 Å². The lowest BCUT2D eigenvalue weighted by Crippen LogP contribution is -2.11. The second-order valence-corrected chi connectivity index (χ2v) is 5.27. The van der Waals surface area contributed by atoms with Crippen molar-refractivity contribution < 1.29 is 18.1 Å². The topological polar surface area (TPSA) is 43.1 Å². The Balaban J connectivity index is 2.45. The predicted molar refractivity (Wildman–Crippen MR) is 76.0 cm³/mol. The molecule has 0 atom stereocenters. The van der Waals surface area contributed by atoms with Gasteiger partial charge in [0.05, 0.1) is 11.3 Å². The monoisotopic (exact) mass is 359 g/mol. The summed E-state index contributed by atoms with van der Waals surface area (Å²) in [6, 6.07) is 10.0. The number of benzene rings is 2. The van der Waals surface area contributed by atoms with E-state index in [0.717, 1.165) is 0 Å². The van der Waals surface area contributed by atoms with Gasteiger partial charge in [-0.3, -0.25) is 10.1 Å². The fourth-order valence-corrected chi connectivity index (χ4v) is 2.40. The molecule has 2 aromatic carbocycles. The SMILES string of the molecule is O=[N+]([O-])c1ccc(Br)c(-c2cccc(CC(F)(F)F)c2)c1. The van der Waals surface area contributed by atoms with E-state index in [-0.39, 0.29) is 11.3 Å². The third-order valence-electron chi connectivity index (χ3n) is 2.80.